The summed E-state index contributed by atoms with van der Waals surface area (Å²) in [5.41, 5.74) is 7.09. The first kappa shape index (κ1) is 22.1. The molecule has 8 nitrogen and oxygen atoms in total. The Morgan fingerprint density at radius 2 is 2.06 bits per heavy atom. The van der Waals surface area contributed by atoms with Crippen molar-refractivity contribution >= 4 is 22.8 Å². The Morgan fingerprint density at radius 3 is 2.80 bits per heavy atom. The maximum atomic E-state index is 11.5. The highest BCUT2D eigenvalue weighted by atomic mass is 16.5. The van der Waals surface area contributed by atoms with Gasteiger partial charge in [-0.2, -0.15) is 5.26 Å². The van der Waals surface area contributed by atoms with E-state index in [1.807, 2.05) is 12.1 Å². The fourth-order valence-electron chi connectivity index (χ4n) is 6.01. The Morgan fingerprint density at radius 1 is 1.23 bits per heavy atom. The second-order valence-electron chi connectivity index (χ2n) is 9.72. The molecule has 2 saturated heterocycles. The normalized spacial score (nSPS) is 22.5. The van der Waals surface area contributed by atoms with Crippen LogP contribution in [0.25, 0.3) is 22.6 Å². The molecule has 1 N–H and O–H groups in total. The van der Waals surface area contributed by atoms with Gasteiger partial charge in [0.1, 0.15) is 17.1 Å². The van der Waals surface area contributed by atoms with Gasteiger partial charge in [0, 0.05) is 36.9 Å². The molecular weight excluding hydrogens is 444 g/mol. The molecular formula is C27H28N4O4. The van der Waals surface area contributed by atoms with E-state index in [-0.39, 0.29) is 12.0 Å². The van der Waals surface area contributed by atoms with Crippen LogP contribution in [0.1, 0.15) is 41.1 Å². The molecule has 2 atom stereocenters. The largest absolute Gasteiger partial charge is 0.481 e. The molecule has 3 heterocycles. The van der Waals surface area contributed by atoms with E-state index in [9.17, 15) is 15.2 Å². The van der Waals surface area contributed by atoms with E-state index < -0.39 is 5.97 Å². The number of ether oxygens (including phenoxy) is 1. The van der Waals surface area contributed by atoms with E-state index in [0.717, 1.165) is 73.6 Å². The molecule has 35 heavy (non-hydrogen) atoms. The average molecular weight is 473 g/mol. The molecule has 1 aromatic heterocycles. The lowest BCUT2D eigenvalue weighted by molar-refractivity contribution is -0.141. The monoisotopic (exact) mass is 472 g/mol. The summed E-state index contributed by atoms with van der Waals surface area (Å²) >= 11 is 0. The molecule has 180 valence electrons. The summed E-state index contributed by atoms with van der Waals surface area (Å²) in [4.78, 5) is 20.9. The first-order valence-electron chi connectivity index (χ1n) is 12.3. The number of likely N-dealkylation sites (tertiary alicyclic amines) is 1. The number of anilines is 1. The number of carbonyl (C=O) groups is 1. The number of carboxylic acids is 1. The minimum absolute atomic E-state index is 0.123. The second kappa shape index (κ2) is 8.67. The molecule has 1 aliphatic carbocycles. The Balaban J connectivity index is 1.39. The Bertz CT molecular complexity index is 1350. The van der Waals surface area contributed by atoms with Gasteiger partial charge < -0.3 is 19.2 Å². The smallest absolute Gasteiger partial charge is 0.307 e. The summed E-state index contributed by atoms with van der Waals surface area (Å²) in [5, 5.41) is 19.5. The lowest BCUT2D eigenvalue weighted by Gasteiger charge is -2.30. The van der Waals surface area contributed by atoms with Gasteiger partial charge >= 0.3 is 5.97 Å². The van der Waals surface area contributed by atoms with Crippen LogP contribution in [-0.2, 0) is 16.0 Å². The van der Waals surface area contributed by atoms with Crippen molar-refractivity contribution in [2.24, 2.45) is 5.92 Å². The van der Waals surface area contributed by atoms with Crippen LogP contribution in [0.5, 0.6) is 0 Å². The van der Waals surface area contributed by atoms with Crippen LogP contribution < -0.4 is 4.90 Å². The van der Waals surface area contributed by atoms with Crippen LogP contribution in [0, 0.1) is 24.2 Å². The van der Waals surface area contributed by atoms with Gasteiger partial charge in [-0.1, -0.05) is 6.07 Å². The van der Waals surface area contributed by atoms with Crippen LogP contribution >= 0.6 is 0 Å². The van der Waals surface area contributed by atoms with E-state index in [4.69, 9.17) is 14.1 Å². The highest BCUT2D eigenvalue weighted by molar-refractivity contribution is 5.86. The van der Waals surface area contributed by atoms with Crippen molar-refractivity contribution in [1.82, 2.24) is 9.88 Å². The molecule has 2 aliphatic heterocycles. The first-order valence-corrected chi connectivity index (χ1v) is 12.3. The van der Waals surface area contributed by atoms with E-state index in [1.165, 1.54) is 0 Å². The van der Waals surface area contributed by atoms with Crippen molar-refractivity contribution in [3.8, 4) is 17.5 Å². The van der Waals surface area contributed by atoms with Crippen LogP contribution in [0.2, 0.25) is 0 Å². The SMILES string of the molecule is Cc1c(-c2nc3cc4c(c(C#N)c3o2)CC[C@H]4N2CC[C@@H](C(=O)O)C2)cccc1N1CCOCC1. The molecule has 0 spiro atoms. The van der Waals surface area contributed by atoms with Gasteiger partial charge in [-0.3, -0.25) is 9.69 Å². The topological polar surface area (TPSA) is 103 Å². The Labute approximate surface area is 203 Å². The number of fused-ring (bicyclic) bond motifs is 2. The van der Waals surface area contributed by atoms with Gasteiger partial charge in [-0.05, 0) is 67.6 Å². The van der Waals surface area contributed by atoms with Gasteiger partial charge in [-0.15, -0.1) is 0 Å². The summed E-state index contributed by atoms with van der Waals surface area (Å²) in [5.74, 6) is -0.523. The van der Waals surface area contributed by atoms with Gasteiger partial charge in [0.25, 0.3) is 0 Å². The predicted octanol–water partition coefficient (Wildman–Crippen LogP) is 3.91. The number of nitrogens with zero attached hydrogens (tertiary/aromatic N) is 4. The fourth-order valence-corrected chi connectivity index (χ4v) is 6.01. The van der Waals surface area contributed by atoms with Crippen LogP contribution in [0.15, 0.2) is 28.7 Å². The van der Waals surface area contributed by atoms with Crippen molar-refractivity contribution in [2.45, 2.75) is 32.2 Å². The molecule has 0 saturated carbocycles. The minimum atomic E-state index is -0.727. The van der Waals surface area contributed by atoms with Crippen molar-refractivity contribution in [1.29, 1.82) is 5.26 Å². The van der Waals surface area contributed by atoms with E-state index in [0.29, 0.717) is 35.5 Å². The molecule has 0 radical (unpaired) electrons. The molecule has 6 rings (SSSR count). The number of carboxylic acid groups (broad SMARTS) is 1. The van der Waals surface area contributed by atoms with Gasteiger partial charge in [0.2, 0.25) is 5.89 Å². The third-order valence-corrected chi connectivity index (χ3v) is 7.86. The molecule has 3 aliphatic rings. The molecule has 0 amide bonds. The average Bonchev–Trinajstić information content (AvgIpc) is 3.61. The van der Waals surface area contributed by atoms with Gasteiger partial charge in [0.15, 0.2) is 5.58 Å². The zero-order valence-corrected chi connectivity index (χ0v) is 19.8. The number of nitriles is 1. The van der Waals surface area contributed by atoms with Gasteiger partial charge in [-0.25, -0.2) is 4.98 Å². The van der Waals surface area contributed by atoms with Crippen molar-refractivity contribution in [2.75, 3.05) is 44.3 Å². The molecule has 8 heteroatoms. The Kier molecular flexibility index (Phi) is 5.47. The maximum Gasteiger partial charge on any atom is 0.307 e. The maximum absolute atomic E-state index is 11.5. The van der Waals surface area contributed by atoms with Gasteiger partial charge in [0.05, 0.1) is 19.1 Å². The number of hydrogen-bond acceptors (Lipinski definition) is 7. The zero-order chi connectivity index (χ0) is 24.1. The summed E-state index contributed by atoms with van der Waals surface area (Å²) < 4.78 is 11.8. The number of benzene rings is 2. The predicted molar refractivity (Wildman–Crippen MR) is 130 cm³/mol. The molecule has 0 unspecified atom stereocenters. The fraction of sp³-hybridized carbons (Fsp3) is 0.444. The number of aromatic nitrogens is 1. The van der Waals surface area contributed by atoms with Crippen LogP contribution in [0.4, 0.5) is 5.69 Å². The summed E-state index contributed by atoms with van der Waals surface area (Å²) in [6.07, 6.45) is 2.34. The van der Waals surface area contributed by atoms with E-state index in [1.54, 1.807) is 0 Å². The number of aliphatic carboxylic acids is 1. The number of rotatable bonds is 4. The minimum Gasteiger partial charge on any atom is -0.481 e. The highest BCUT2D eigenvalue weighted by Crippen LogP contribution is 2.43. The molecule has 2 aromatic carbocycles. The summed E-state index contributed by atoms with van der Waals surface area (Å²) in [7, 11) is 0. The Hall–Kier alpha value is -3.41. The second-order valence-corrected chi connectivity index (χ2v) is 9.72. The van der Waals surface area contributed by atoms with E-state index in [2.05, 4.69) is 34.9 Å². The summed E-state index contributed by atoms with van der Waals surface area (Å²) in [6.45, 7) is 6.54. The first-order chi connectivity index (χ1) is 17.0. The highest BCUT2D eigenvalue weighted by Gasteiger charge is 2.37. The van der Waals surface area contributed by atoms with Crippen molar-refractivity contribution in [3.05, 3.63) is 46.5 Å². The molecule has 2 fully saturated rings. The standard InChI is InChI=1S/C27H28N4O4/c1-16-18(3-2-4-23(16)30-9-11-34-12-10-30)26-29-22-13-20-19(21(14-28)25(22)35-26)5-6-24(20)31-8-7-17(15-31)27(32)33/h2-4,13,17,24H,5-12,15H2,1H3,(H,32,33)/t17-,24-/m1/s1. The van der Waals surface area contributed by atoms with Crippen LogP contribution in [0.3, 0.4) is 0 Å². The number of morpholine rings is 1. The number of hydrogen-bond donors (Lipinski definition) is 1. The quantitative estimate of drug-likeness (QED) is 0.610. The lowest BCUT2D eigenvalue weighted by atomic mass is 10.0. The summed E-state index contributed by atoms with van der Waals surface area (Å²) in [6, 6.07) is 10.7. The third-order valence-electron chi connectivity index (χ3n) is 7.86. The zero-order valence-electron chi connectivity index (χ0n) is 19.8. The van der Waals surface area contributed by atoms with E-state index >= 15 is 0 Å². The third kappa shape index (κ3) is 3.67. The van der Waals surface area contributed by atoms with Crippen LogP contribution in [-0.4, -0.2) is 60.4 Å². The number of oxazole rings is 1. The molecule has 0 bridgehead atoms. The van der Waals surface area contributed by atoms with Crippen molar-refractivity contribution < 1.29 is 19.1 Å². The lowest BCUT2D eigenvalue weighted by Crippen LogP contribution is -2.36. The molecule has 3 aromatic rings. The van der Waals surface area contributed by atoms with Crippen molar-refractivity contribution in [3.63, 3.8) is 0 Å².